The molecule has 5 atom stereocenters. The van der Waals surface area contributed by atoms with Gasteiger partial charge in [-0.05, 0) is 62.9 Å². The van der Waals surface area contributed by atoms with E-state index in [9.17, 15) is 5.11 Å². The summed E-state index contributed by atoms with van der Waals surface area (Å²) in [5.74, 6) is 1.03. The SMILES string of the molecule is CCCCC(C)(C)C/C=C(/OC1CCCCO1)[C@@H]1C[C@@H](O)C[C@H]1OC1CCCCO1. The highest BCUT2D eigenvalue weighted by Gasteiger charge is 2.40. The van der Waals surface area contributed by atoms with Crippen LogP contribution in [0.5, 0.6) is 0 Å². The Morgan fingerprint density at radius 2 is 1.73 bits per heavy atom. The van der Waals surface area contributed by atoms with E-state index >= 15 is 0 Å². The molecule has 2 saturated heterocycles. The second-order valence-electron chi connectivity index (χ2n) is 10.2. The number of rotatable bonds is 10. The molecule has 0 bridgehead atoms. The molecule has 1 N–H and O–H groups in total. The maximum absolute atomic E-state index is 10.5. The zero-order valence-corrected chi connectivity index (χ0v) is 19.4. The van der Waals surface area contributed by atoms with Crippen LogP contribution in [0.1, 0.15) is 97.8 Å². The van der Waals surface area contributed by atoms with Crippen molar-refractivity contribution in [3.8, 4) is 0 Å². The van der Waals surface area contributed by atoms with Gasteiger partial charge in [0.25, 0.3) is 0 Å². The van der Waals surface area contributed by atoms with Crippen LogP contribution in [-0.2, 0) is 18.9 Å². The molecule has 2 aliphatic heterocycles. The Balaban J connectivity index is 1.71. The minimum absolute atomic E-state index is 0.0586. The van der Waals surface area contributed by atoms with Crippen molar-refractivity contribution >= 4 is 0 Å². The van der Waals surface area contributed by atoms with E-state index in [0.717, 1.165) is 63.9 Å². The first-order valence-electron chi connectivity index (χ1n) is 12.4. The van der Waals surface area contributed by atoms with Crippen molar-refractivity contribution in [3.05, 3.63) is 11.8 Å². The minimum atomic E-state index is -0.351. The highest BCUT2D eigenvalue weighted by Crippen LogP contribution is 2.39. The van der Waals surface area contributed by atoms with Gasteiger partial charge in [0.05, 0.1) is 18.8 Å². The molecule has 0 aromatic heterocycles. The summed E-state index contributed by atoms with van der Waals surface area (Å²) in [5, 5.41) is 10.5. The van der Waals surface area contributed by atoms with Gasteiger partial charge in [-0.3, -0.25) is 0 Å². The summed E-state index contributed by atoms with van der Waals surface area (Å²) in [7, 11) is 0. The predicted molar refractivity (Wildman–Crippen MR) is 118 cm³/mol. The van der Waals surface area contributed by atoms with E-state index < -0.39 is 0 Å². The van der Waals surface area contributed by atoms with Crippen molar-refractivity contribution in [1.29, 1.82) is 0 Å². The van der Waals surface area contributed by atoms with Crippen molar-refractivity contribution < 1.29 is 24.1 Å². The molecule has 174 valence electrons. The van der Waals surface area contributed by atoms with Gasteiger partial charge >= 0.3 is 0 Å². The number of hydrogen-bond donors (Lipinski definition) is 1. The molecule has 30 heavy (non-hydrogen) atoms. The average molecular weight is 425 g/mol. The predicted octanol–water partition coefficient (Wildman–Crippen LogP) is 5.70. The number of aliphatic hydroxyl groups is 1. The summed E-state index contributed by atoms with van der Waals surface area (Å²) in [4.78, 5) is 0. The quantitative estimate of drug-likeness (QED) is 0.456. The molecule has 2 heterocycles. The van der Waals surface area contributed by atoms with E-state index in [1.165, 1.54) is 19.3 Å². The Hall–Kier alpha value is -0.620. The van der Waals surface area contributed by atoms with Gasteiger partial charge in [-0.2, -0.15) is 0 Å². The zero-order chi connectivity index (χ0) is 21.4. The lowest BCUT2D eigenvalue weighted by molar-refractivity contribution is -0.199. The van der Waals surface area contributed by atoms with Crippen LogP contribution in [0.3, 0.4) is 0 Å². The highest BCUT2D eigenvalue weighted by molar-refractivity contribution is 5.08. The summed E-state index contributed by atoms with van der Waals surface area (Å²) >= 11 is 0. The minimum Gasteiger partial charge on any atom is -0.469 e. The lowest BCUT2D eigenvalue weighted by atomic mass is 9.83. The van der Waals surface area contributed by atoms with Crippen LogP contribution < -0.4 is 0 Å². The molecular formula is C25H44O5. The second kappa shape index (κ2) is 11.8. The van der Waals surface area contributed by atoms with Crippen molar-refractivity contribution in [2.75, 3.05) is 13.2 Å². The first-order chi connectivity index (χ1) is 14.5. The largest absolute Gasteiger partial charge is 0.469 e. The molecule has 0 aromatic rings. The van der Waals surface area contributed by atoms with E-state index in [2.05, 4.69) is 26.8 Å². The average Bonchev–Trinajstić information content (AvgIpc) is 3.11. The van der Waals surface area contributed by atoms with Gasteiger partial charge in [0, 0.05) is 25.4 Å². The van der Waals surface area contributed by atoms with Crippen LogP contribution in [0.4, 0.5) is 0 Å². The third-order valence-corrected chi connectivity index (χ3v) is 6.78. The lowest BCUT2D eigenvalue weighted by Gasteiger charge is -2.32. The van der Waals surface area contributed by atoms with Gasteiger partial charge in [0.1, 0.15) is 5.76 Å². The monoisotopic (exact) mass is 424 g/mol. The molecular weight excluding hydrogens is 380 g/mol. The Morgan fingerprint density at radius 1 is 1.03 bits per heavy atom. The molecule has 0 spiro atoms. The molecule has 1 saturated carbocycles. The first-order valence-corrected chi connectivity index (χ1v) is 12.4. The first kappa shape index (κ1) is 24.0. The van der Waals surface area contributed by atoms with Crippen molar-refractivity contribution in [3.63, 3.8) is 0 Å². The van der Waals surface area contributed by atoms with Crippen molar-refractivity contribution in [2.45, 2.75) is 123 Å². The van der Waals surface area contributed by atoms with Gasteiger partial charge in [0.2, 0.25) is 0 Å². The summed E-state index contributed by atoms with van der Waals surface area (Å²) in [5.41, 5.74) is 0.234. The number of hydrogen-bond acceptors (Lipinski definition) is 5. The van der Waals surface area contributed by atoms with Crippen LogP contribution >= 0.6 is 0 Å². The fraction of sp³-hybridized carbons (Fsp3) is 0.920. The Morgan fingerprint density at radius 3 is 2.37 bits per heavy atom. The maximum Gasteiger partial charge on any atom is 0.199 e. The molecule has 3 aliphatic rings. The van der Waals surface area contributed by atoms with E-state index in [0.29, 0.717) is 12.8 Å². The third kappa shape index (κ3) is 7.51. The summed E-state index contributed by atoms with van der Waals surface area (Å²) in [6.07, 6.45) is 13.9. The van der Waals surface area contributed by atoms with Crippen LogP contribution in [0.25, 0.3) is 0 Å². The molecule has 1 aliphatic carbocycles. The van der Waals surface area contributed by atoms with Gasteiger partial charge < -0.3 is 24.1 Å². The summed E-state index contributed by atoms with van der Waals surface area (Å²) < 4.78 is 24.5. The van der Waals surface area contributed by atoms with Crippen LogP contribution in [0.15, 0.2) is 11.8 Å². The van der Waals surface area contributed by atoms with Gasteiger partial charge in [0.15, 0.2) is 12.6 Å². The zero-order valence-electron chi connectivity index (χ0n) is 19.4. The van der Waals surface area contributed by atoms with Gasteiger partial charge in [-0.25, -0.2) is 0 Å². The molecule has 3 rings (SSSR count). The molecule has 5 nitrogen and oxygen atoms in total. The van der Waals surface area contributed by atoms with Crippen molar-refractivity contribution in [1.82, 2.24) is 0 Å². The molecule has 0 amide bonds. The topological polar surface area (TPSA) is 57.2 Å². The Kier molecular flexibility index (Phi) is 9.49. The lowest BCUT2D eigenvalue weighted by Crippen LogP contribution is -2.32. The van der Waals surface area contributed by atoms with E-state index in [1.807, 2.05) is 0 Å². The second-order valence-corrected chi connectivity index (χ2v) is 10.2. The fourth-order valence-corrected chi connectivity index (χ4v) is 4.81. The molecule has 0 aromatic carbocycles. The number of aliphatic hydroxyl groups excluding tert-OH is 1. The van der Waals surface area contributed by atoms with Crippen LogP contribution in [0, 0.1) is 11.3 Å². The normalized spacial score (nSPS) is 33.6. The summed E-state index contributed by atoms with van der Waals surface area (Å²) in [6.45, 7) is 8.45. The number of allylic oxidation sites excluding steroid dienone is 1. The maximum atomic E-state index is 10.5. The third-order valence-electron chi connectivity index (χ3n) is 6.78. The van der Waals surface area contributed by atoms with Crippen LogP contribution in [-0.4, -0.2) is 43.1 Å². The molecule has 5 heteroatoms. The number of unbranched alkanes of at least 4 members (excludes halogenated alkanes) is 1. The van der Waals surface area contributed by atoms with E-state index in [4.69, 9.17) is 18.9 Å². The fourth-order valence-electron chi connectivity index (χ4n) is 4.81. The standard InChI is InChI=1S/C25H44O5/c1-4-5-13-25(2,3)14-12-21(29-23-10-6-8-15-27-23)20-17-19(26)18-22(20)30-24-11-7-9-16-28-24/h12,19-20,22-24,26H,4-11,13-18H2,1-3H3/b21-12+/t19-,20+,22-,23?,24?/m1/s1. The van der Waals surface area contributed by atoms with E-state index in [1.54, 1.807) is 0 Å². The van der Waals surface area contributed by atoms with E-state index in [-0.39, 0.29) is 36.1 Å². The number of ether oxygens (including phenoxy) is 4. The molecule has 2 unspecified atom stereocenters. The van der Waals surface area contributed by atoms with Crippen molar-refractivity contribution in [2.24, 2.45) is 11.3 Å². The molecule has 0 radical (unpaired) electrons. The van der Waals surface area contributed by atoms with Crippen LogP contribution in [0.2, 0.25) is 0 Å². The summed E-state index contributed by atoms with van der Waals surface area (Å²) in [6, 6.07) is 0. The Labute approximate surface area is 183 Å². The van der Waals surface area contributed by atoms with Gasteiger partial charge in [-0.15, -0.1) is 0 Å². The molecule has 3 fully saturated rings. The smallest absolute Gasteiger partial charge is 0.199 e. The highest BCUT2D eigenvalue weighted by atomic mass is 16.7. The van der Waals surface area contributed by atoms with Gasteiger partial charge in [-0.1, -0.05) is 33.6 Å². The Bertz CT molecular complexity index is 520.